The molecule has 2 atom stereocenters. The van der Waals surface area contributed by atoms with Crippen LogP contribution < -0.4 is 0 Å². The summed E-state index contributed by atoms with van der Waals surface area (Å²) in [5.41, 5.74) is -1.42. The van der Waals surface area contributed by atoms with Crippen molar-refractivity contribution in [1.82, 2.24) is 0 Å². The lowest BCUT2D eigenvalue weighted by atomic mass is 9.70. The summed E-state index contributed by atoms with van der Waals surface area (Å²) in [4.78, 5) is 24.2. The molecule has 1 aliphatic heterocycles. The molecule has 2 rings (SSSR count). The number of carboxylic acid groups (broad SMARTS) is 1. The average molecular weight is 284 g/mol. The first-order valence-corrected chi connectivity index (χ1v) is 7.54. The second-order valence-corrected chi connectivity index (χ2v) is 5.94. The van der Waals surface area contributed by atoms with Gasteiger partial charge in [-0.25, -0.2) is 0 Å². The highest BCUT2D eigenvalue weighted by Crippen LogP contribution is 2.45. The average Bonchev–Trinajstić information content (AvgIpc) is 2.99. The van der Waals surface area contributed by atoms with Gasteiger partial charge in [-0.3, -0.25) is 9.59 Å². The largest absolute Gasteiger partial charge is 0.480 e. The summed E-state index contributed by atoms with van der Waals surface area (Å²) in [6.45, 7) is 0.659. The molecule has 0 bridgehead atoms. The fraction of sp³-hybridized carbons (Fsp3) is 0.867. The van der Waals surface area contributed by atoms with Crippen molar-refractivity contribution >= 4 is 11.9 Å². The Morgan fingerprint density at radius 1 is 1.20 bits per heavy atom. The first-order valence-electron chi connectivity index (χ1n) is 7.54. The Labute approximate surface area is 119 Å². The number of aliphatic carboxylic acids is 1. The molecule has 1 saturated carbocycles. The number of carbonyl (C=O) groups excluding carboxylic acids is 1. The topological polar surface area (TPSA) is 72.8 Å². The van der Waals surface area contributed by atoms with E-state index in [1.54, 1.807) is 0 Å². The predicted molar refractivity (Wildman–Crippen MR) is 72.3 cm³/mol. The van der Waals surface area contributed by atoms with Gasteiger partial charge in [-0.15, -0.1) is 0 Å². The molecule has 1 heterocycles. The number of esters is 1. The van der Waals surface area contributed by atoms with Crippen molar-refractivity contribution in [1.29, 1.82) is 0 Å². The van der Waals surface area contributed by atoms with Crippen LogP contribution in [0.15, 0.2) is 0 Å². The van der Waals surface area contributed by atoms with Crippen molar-refractivity contribution in [2.24, 2.45) is 11.3 Å². The van der Waals surface area contributed by atoms with Crippen LogP contribution in [-0.2, 0) is 19.1 Å². The highest BCUT2D eigenvalue weighted by atomic mass is 16.5. The maximum Gasteiger partial charge on any atom is 0.323 e. The van der Waals surface area contributed by atoms with Gasteiger partial charge in [0.05, 0.1) is 13.2 Å². The Kier molecular flexibility index (Phi) is 5.02. The van der Waals surface area contributed by atoms with Gasteiger partial charge in [-0.05, 0) is 38.0 Å². The van der Waals surface area contributed by atoms with Crippen molar-refractivity contribution < 1.29 is 24.2 Å². The van der Waals surface area contributed by atoms with Gasteiger partial charge in [0.25, 0.3) is 0 Å². The van der Waals surface area contributed by atoms with Crippen molar-refractivity contribution in [3.8, 4) is 0 Å². The van der Waals surface area contributed by atoms with Crippen LogP contribution in [0.4, 0.5) is 0 Å². The standard InChI is InChI=1S/C15H24O5/c1-19-14(18)15(13(16)17,11-6-2-3-7-11)10-12-8-4-5-9-20-12/h11-12H,2-10H2,1H3,(H,16,17). The number of methoxy groups -OCH3 is 1. The van der Waals surface area contributed by atoms with Gasteiger partial charge >= 0.3 is 11.9 Å². The first-order chi connectivity index (χ1) is 9.61. The summed E-state index contributed by atoms with van der Waals surface area (Å²) in [6.07, 6.45) is 6.54. The molecule has 114 valence electrons. The van der Waals surface area contributed by atoms with Crippen LogP contribution in [0.25, 0.3) is 0 Å². The van der Waals surface area contributed by atoms with E-state index in [0.717, 1.165) is 44.9 Å². The molecule has 0 aromatic carbocycles. The van der Waals surface area contributed by atoms with Gasteiger partial charge in [0.1, 0.15) is 0 Å². The highest BCUT2D eigenvalue weighted by Gasteiger charge is 2.55. The third-order valence-electron chi connectivity index (χ3n) is 4.81. The molecular weight excluding hydrogens is 260 g/mol. The lowest BCUT2D eigenvalue weighted by molar-refractivity contribution is -0.176. The highest BCUT2D eigenvalue weighted by molar-refractivity contribution is 5.99. The Balaban J connectivity index is 2.24. The van der Waals surface area contributed by atoms with Crippen LogP contribution in [0.5, 0.6) is 0 Å². The molecular formula is C15H24O5. The summed E-state index contributed by atoms with van der Waals surface area (Å²) < 4.78 is 10.5. The smallest absolute Gasteiger partial charge is 0.323 e. The van der Waals surface area contributed by atoms with Crippen molar-refractivity contribution in [3.05, 3.63) is 0 Å². The molecule has 0 aromatic rings. The van der Waals surface area contributed by atoms with Crippen LogP contribution in [0, 0.1) is 11.3 Å². The molecule has 0 radical (unpaired) electrons. The number of ether oxygens (including phenoxy) is 2. The van der Waals surface area contributed by atoms with Crippen molar-refractivity contribution in [2.75, 3.05) is 13.7 Å². The molecule has 0 spiro atoms. The second kappa shape index (κ2) is 6.57. The van der Waals surface area contributed by atoms with Gasteiger partial charge in [0, 0.05) is 13.0 Å². The molecule has 0 aromatic heterocycles. The van der Waals surface area contributed by atoms with E-state index in [2.05, 4.69) is 0 Å². The van der Waals surface area contributed by atoms with Gasteiger partial charge in [0.15, 0.2) is 5.41 Å². The van der Waals surface area contributed by atoms with Crippen LogP contribution >= 0.6 is 0 Å². The molecule has 1 aliphatic carbocycles. The summed E-state index contributed by atoms with van der Waals surface area (Å²) in [7, 11) is 1.27. The van der Waals surface area contributed by atoms with Crippen molar-refractivity contribution in [3.63, 3.8) is 0 Å². The molecule has 20 heavy (non-hydrogen) atoms. The summed E-state index contributed by atoms with van der Waals surface area (Å²) in [5, 5.41) is 9.76. The zero-order chi connectivity index (χ0) is 14.6. The summed E-state index contributed by atoms with van der Waals surface area (Å²) in [6, 6.07) is 0. The summed E-state index contributed by atoms with van der Waals surface area (Å²) >= 11 is 0. The molecule has 5 nitrogen and oxygen atoms in total. The first kappa shape index (κ1) is 15.3. The van der Waals surface area contributed by atoms with E-state index in [4.69, 9.17) is 9.47 Å². The lowest BCUT2D eigenvalue weighted by Gasteiger charge is -2.36. The van der Waals surface area contributed by atoms with Gasteiger partial charge in [-0.1, -0.05) is 12.8 Å². The Morgan fingerprint density at radius 3 is 2.35 bits per heavy atom. The third-order valence-corrected chi connectivity index (χ3v) is 4.81. The zero-order valence-electron chi connectivity index (χ0n) is 12.1. The van der Waals surface area contributed by atoms with Crippen LogP contribution in [0.1, 0.15) is 51.4 Å². The predicted octanol–water partition coefficient (Wildman–Crippen LogP) is 2.38. The van der Waals surface area contributed by atoms with Gasteiger partial charge in [-0.2, -0.15) is 0 Å². The number of carboxylic acids is 1. The normalized spacial score (nSPS) is 26.9. The van der Waals surface area contributed by atoms with Crippen molar-refractivity contribution in [2.45, 2.75) is 57.5 Å². The maximum atomic E-state index is 12.3. The van der Waals surface area contributed by atoms with E-state index >= 15 is 0 Å². The van der Waals surface area contributed by atoms with E-state index in [9.17, 15) is 14.7 Å². The lowest BCUT2D eigenvalue weighted by Crippen LogP contribution is -2.48. The number of hydrogen-bond donors (Lipinski definition) is 1. The van der Waals surface area contributed by atoms with E-state index in [0.29, 0.717) is 6.61 Å². The SMILES string of the molecule is COC(=O)C(CC1CCCCO1)(C(=O)O)C1CCCC1. The maximum absolute atomic E-state index is 12.3. The minimum Gasteiger partial charge on any atom is -0.480 e. The minimum atomic E-state index is -1.42. The van der Waals surface area contributed by atoms with E-state index in [-0.39, 0.29) is 18.4 Å². The molecule has 2 fully saturated rings. The van der Waals surface area contributed by atoms with E-state index < -0.39 is 17.4 Å². The van der Waals surface area contributed by atoms with Gasteiger partial charge in [0.2, 0.25) is 0 Å². The monoisotopic (exact) mass is 284 g/mol. The van der Waals surface area contributed by atoms with Crippen LogP contribution in [0.3, 0.4) is 0 Å². The Bertz CT molecular complexity index is 355. The molecule has 1 N–H and O–H groups in total. The van der Waals surface area contributed by atoms with E-state index in [1.807, 2.05) is 0 Å². The van der Waals surface area contributed by atoms with Crippen LogP contribution in [0.2, 0.25) is 0 Å². The van der Waals surface area contributed by atoms with Gasteiger partial charge < -0.3 is 14.6 Å². The number of carbonyl (C=O) groups is 2. The quantitative estimate of drug-likeness (QED) is 0.620. The summed E-state index contributed by atoms with van der Waals surface area (Å²) in [5.74, 6) is -1.78. The Morgan fingerprint density at radius 2 is 1.85 bits per heavy atom. The molecule has 5 heteroatoms. The molecule has 2 unspecified atom stereocenters. The Hall–Kier alpha value is -1.10. The number of rotatable bonds is 5. The zero-order valence-corrected chi connectivity index (χ0v) is 12.1. The fourth-order valence-electron chi connectivity index (χ4n) is 3.69. The molecule has 1 saturated heterocycles. The minimum absolute atomic E-state index is 0.127. The van der Waals surface area contributed by atoms with Crippen LogP contribution in [-0.4, -0.2) is 36.9 Å². The second-order valence-electron chi connectivity index (χ2n) is 5.94. The molecule has 0 amide bonds. The molecule has 2 aliphatic rings. The van der Waals surface area contributed by atoms with E-state index in [1.165, 1.54) is 7.11 Å². The fourth-order valence-corrected chi connectivity index (χ4v) is 3.69. The third kappa shape index (κ3) is 2.82. The number of hydrogen-bond acceptors (Lipinski definition) is 4.